The van der Waals surface area contributed by atoms with Crippen LogP contribution in [0.2, 0.25) is 0 Å². The number of rotatable bonds is 1. The summed E-state index contributed by atoms with van der Waals surface area (Å²) in [6, 6.07) is 0. The summed E-state index contributed by atoms with van der Waals surface area (Å²) in [5.41, 5.74) is 7.51. The van der Waals surface area contributed by atoms with Crippen molar-refractivity contribution in [1.82, 2.24) is 9.97 Å². The molecule has 2 aliphatic rings. The standard InChI is InChI=1S/C13H15N3O2S/c14-11-10-7-2-1-3-9(7)19-13(10)16-12(15-11)8-6-17-4-5-18-8/h8H,1-6H2,(H2,14,15,16). The third-order valence-corrected chi connectivity index (χ3v) is 4.90. The molecule has 2 N–H and O–H groups in total. The van der Waals surface area contributed by atoms with Crippen molar-refractivity contribution in [2.75, 3.05) is 25.6 Å². The number of nitrogens with zero attached hydrogens (tertiary/aromatic N) is 2. The van der Waals surface area contributed by atoms with Gasteiger partial charge < -0.3 is 15.2 Å². The van der Waals surface area contributed by atoms with E-state index >= 15 is 0 Å². The second kappa shape index (κ2) is 4.40. The maximum Gasteiger partial charge on any atom is 0.163 e. The van der Waals surface area contributed by atoms with E-state index in [1.165, 1.54) is 16.9 Å². The molecule has 1 aliphatic heterocycles. The minimum atomic E-state index is -0.183. The number of hydrogen-bond donors (Lipinski definition) is 1. The van der Waals surface area contributed by atoms with Crippen molar-refractivity contribution in [2.24, 2.45) is 0 Å². The lowest BCUT2D eigenvalue weighted by Crippen LogP contribution is -2.23. The first-order valence-electron chi connectivity index (χ1n) is 6.60. The fourth-order valence-electron chi connectivity index (χ4n) is 2.82. The van der Waals surface area contributed by atoms with Gasteiger partial charge in [0.05, 0.1) is 25.2 Å². The van der Waals surface area contributed by atoms with E-state index in [0.29, 0.717) is 31.5 Å². The van der Waals surface area contributed by atoms with Crippen molar-refractivity contribution in [3.63, 3.8) is 0 Å². The van der Waals surface area contributed by atoms with E-state index in [0.717, 1.165) is 23.1 Å². The Labute approximate surface area is 114 Å². The Morgan fingerprint density at radius 2 is 2.16 bits per heavy atom. The number of fused-ring (bicyclic) bond motifs is 3. The van der Waals surface area contributed by atoms with Crippen molar-refractivity contribution in [3.05, 3.63) is 16.3 Å². The zero-order valence-electron chi connectivity index (χ0n) is 10.5. The Kier molecular flexibility index (Phi) is 2.68. The van der Waals surface area contributed by atoms with Gasteiger partial charge in [-0.05, 0) is 24.8 Å². The minimum Gasteiger partial charge on any atom is -0.383 e. The van der Waals surface area contributed by atoms with Gasteiger partial charge in [0.1, 0.15) is 16.8 Å². The molecule has 1 fully saturated rings. The SMILES string of the molecule is Nc1nc(C2COCCO2)nc2sc3c(c12)CCC3. The molecule has 4 rings (SSSR count). The summed E-state index contributed by atoms with van der Waals surface area (Å²) in [6.45, 7) is 1.74. The van der Waals surface area contributed by atoms with E-state index in [9.17, 15) is 0 Å². The molecule has 0 saturated carbocycles. The number of hydrogen-bond acceptors (Lipinski definition) is 6. The quantitative estimate of drug-likeness (QED) is 0.861. The molecule has 1 saturated heterocycles. The van der Waals surface area contributed by atoms with E-state index in [1.54, 1.807) is 11.3 Å². The van der Waals surface area contributed by atoms with Crippen LogP contribution in [0.25, 0.3) is 10.2 Å². The number of anilines is 1. The van der Waals surface area contributed by atoms with Gasteiger partial charge in [-0.2, -0.15) is 0 Å². The van der Waals surface area contributed by atoms with Crippen LogP contribution in [0.15, 0.2) is 0 Å². The third-order valence-electron chi connectivity index (χ3n) is 3.71. The zero-order valence-corrected chi connectivity index (χ0v) is 11.3. The summed E-state index contributed by atoms with van der Waals surface area (Å²) in [6.07, 6.45) is 3.29. The Hall–Kier alpha value is -1.24. The van der Waals surface area contributed by atoms with Gasteiger partial charge in [-0.25, -0.2) is 9.97 Å². The third kappa shape index (κ3) is 1.82. The molecule has 6 heteroatoms. The van der Waals surface area contributed by atoms with Gasteiger partial charge in [-0.3, -0.25) is 0 Å². The van der Waals surface area contributed by atoms with E-state index in [4.69, 9.17) is 15.2 Å². The molecule has 1 atom stereocenters. The number of aromatic nitrogens is 2. The van der Waals surface area contributed by atoms with Crippen LogP contribution >= 0.6 is 11.3 Å². The van der Waals surface area contributed by atoms with E-state index in [2.05, 4.69) is 9.97 Å². The van der Waals surface area contributed by atoms with Crippen LogP contribution in [-0.4, -0.2) is 29.8 Å². The van der Waals surface area contributed by atoms with Crippen LogP contribution in [0.5, 0.6) is 0 Å². The lowest BCUT2D eigenvalue weighted by molar-refractivity contribution is -0.0933. The highest BCUT2D eigenvalue weighted by molar-refractivity contribution is 7.19. The molecular formula is C13H15N3O2S. The van der Waals surface area contributed by atoms with Crippen LogP contribution < -0.4 is 5.73 Å². The first-order valence-corrected chi connectivity index (χ1v) is 7.41. The molecule has 100 valence electrons. The Bertz CT molecular complexity index is 634. The second-order valence-corrected chi connectivity index (χ2v) is 6.02. The average Bonchev–Trinajstić information content (AvgIpc) is 2.99. The van der Waals surface area contributed by atoms with Crippen molar-refractivity contribution in [2.45, 2.75) is 25.4 Å². The molecule has 3 heterocycles. The van der Waals surface area contributed by atoms with Gasteiger partial charge in [0.2, 0.25) is 0 Å². The summed E-state index contributed by atoms with van der Waals surface area (Å²) in [5.74, 6) is 1.25. The normalized spacial score (nSPS) is 22.8. The molecule has 1 aliphatic carbocycles. The average molecular weight is 277 g/mol. The molecular weight excluding hydrogens is 262 g/mol. The predicted molar refractivity (Wildman–Crippen MR) is 73.4 cm³/mol. The first-order chi connectivity index (χ1) is 9.33. The van der Waals surface area contributed by atoms with E-state index < -0.39 is 0 Å². The topological polar surface area (TPSA) is 70.3 Å². The lowest BCUT2D eigenvalue weighted by atomic mass is 10.2. The number of aryl methyl sites for hydroxylation is 2. The maximum atomic E-state index is 6.14. The highest BCUT2D eigenvalue weighted by Crippen LogP contribution is 2.39. The van der Waals surface area contributed by atoms with Crippen LogP contribution in [0.4, 0.5) is 5.82 Å². The molecule has 19 heavy (non-hydrogen) atoms. The molecule has 5 nitrogen and oxygen atoms in total. The van der Waals surface area contributed by atoms with Crippen LogP contribution in [0, 0.1) is 0 Å². The van der Waals surface area contributed by atoms with Gasteiger partial charge in [-0.1, -0.05) is 0 Å². The van der Waals surface area contributed by atoms with Gasteiger partial charge >= 0.3 is 0 Å². The summed E-state index contributed by atoms with van der Waals surface area (Å²) in [5, 5.41) is 1.07. The fraction of sp³-hybridized carbons (Fsp3) is 0.538. The summed E-state index contributed by atoms with van der Waals surface area (Å²) in [4.78, 5) is 11.5. The Morgan fingerprint density at radius 3 is 3.00 bits per heavy atom. The predicted octanol–water partition coefficient (Wildman–Crippen LogP) is 1.85. The monoisotopic (exact) mass is 277 g/mol. The molecule has 0 aromatic carbocycles. The molecule has 0 amide bonds. The Morgan fingerprint density at radius 1 is 1.21 bits per heavy atom. The maximum absolute atomic E-state index is 6.14. The molecule has 1 unspecified atom stereocenters. The van der Waals surface area contributed by atoms with Crippen LogP contribution in [0.1, 0.15) is 28.8 Å². The summed E-state index contributed by atoms with van der Waals surface area (Å²) < 4.78 is 11.1. The van der Waals surface area contributed by atoms with Crippen molar-refractivity contribution < 1.29 is 9.47 Å². The highest BCUT2D eigenvalue weighted by atomic mass is 32.1. The van der Waals surface area contributed by atoms with Gasteiger partial charge in [-0.15, -0.1) is 11.3 Å². The molecule has 0 radical (unpaired) electrons. The van der Waals surface area contributed by atoms with E-state index in [1.807, 2.05) is 0 Å². The molecule has 2 aromatic heterocycles. The fourth-order valence-corrected chi connectivity index (χ4v) is 4.10. The highest BCUT2D eigenvalue weighted by Gasteiger charge is 2.25. The molecule has 0 bridgehead atoms. The molecule has 0 spiro atoms. The first kappa shape index (κ1) is 11.6. The number of ether oxygens (including phenoxy) is 2. The van der Waals surface area contributed by atoms with Gasteiger partial charge in [0, 0.05) is 4.88 Å². The summed E-state index contributed by atoms with van der Waals surface area (Å²) >= 11 is 1.75. The number of nitrogen functional groups attached to an aromatic ring is 1. The van der Waals surface area contributed by atoms with Crippen molar-refractivity contribution in [3.8, 4) is 0 Å². The zero-order chi connectivity index (χ0) is 12.8. The number of nitrogens with two attached hydrogens (primary N) is 1. The Balaban J connectivity index is 1.82. The smallest absolute Gasteiger partial charge is 0.163 e. The lowest BCUT2D eigenvalue weighted by Gasteiger charge is -2.21. The van der Waals surface area contributed by atoms with Gasteiger partial charge in [0.15, 0.2) is 5.82 Å². The van der Waals surface area contributed by atoms with E-state index in [-0.39, 0.29) is 6.10 Å². The summed E-state index contributed by atoms with van der Waals surface area (Å²) in [7, 11) is 0. The molecule has 2 aromatic rings. The van der Waals surface area contributed by atoms with Crippen molar-refractivity contribution >= 4 is 27.4 Å². The van der Waals surface area contributed by atoms with Crippen LogP contribution in [0.3, 0.4) is 0 Å². The largest absolute Gasteiger partial charge is 0.383 e. The van der Waals surface area contributed by atoms with Crippen molar-refractivity contribution in [1.29, 1.82) is 0 Å². The van der Waals surface area contributed by atoms with Gasteiger partial charge in [0.25, 0.3) is 0 Å². The van der Waals surface area contributed by atoms with Crippen LogP contribution in [-0.2, 0) is 22.3 Å². The minimum absolute atomic E-state index is 0.183. The number of thiophene rings is 1. The second-order valence-electron chi connectivity index (χ2n) is 4.94.